The Labute approximate surface area is 57.4 Å². The van der Waals surface area contributed by atoms with Gasteiger partial charge in [-0.15, -0.1) is 8.67 Å². The minimum absolute atomic E-state index is 0.764. The average molecular weight is 159 g/mol. The van der Waals surface area contributed by atoms with Gasteiger partial charge in [-0.25, -0.2) is 0 Å². The number of rotatable bonds is 4. The minimum Gasteiger partial charge on any atom is -0.146 e. The summed E-state index contributed by atoms with van der Waals surface area (Å²) in [5, 5.41) is 0.764. The highest BCUT2D eigenvalue weighted by Crippen LogP contribution is 1.92. The third kappa shape index (κ3) is 4.65. The molecule has 0 aromatic rings. The molecule has 0 saturated heterocycles. The molecular formula is CH5NO4S2. The molecule has 50 valence electrons. The van der Waals surface area contributed by atoms with Crippen LogP contribution in [0.15, 0.2) is 0 Å². The lowest BCUT2D eigenvalue weighted by Crippen LogP contribution is -2.15. The molecule has 0 fully saturated rings. The Balaban J connectivity index is 2.92. The molecule has 0 aliphatic heterocycles. The van der Waals surface area contributed by atoms with Gasteiger partial charge in [-0.05, 0) is 5.23 Å². The van der Waals surface area contributed by atoms with Gasteiger partial charge in [-0.3, -0.25) is 0 Å². The first-order chi connectivity index (χ1) is 3.81. The summed E-state index contributed by atoms with van der Waals surface area (Å²) in [6.07, 6.45) is 0. The maximum Gasteiger partial charge on any atom is 0.0467 e. The molecule has 0 aliphatic rings. The van der Waals surface area contributed by atoms with Crippen LogP contribution in [0.2, 0.25) is 0 Å². The lowest BCUT2D eigenvalue weighted by Gasteiger charge is -2.06. The van der Waals surface area contributed by atoms with E-state index >= 15 is 0 Å². The van der Waals surface area contributed by atoms with E-state index in [9.17, 15) is 0 Å². The Hall–Kier alpha value is 0.500. The van der Waals surface area contributed by atoms with Gasteiger partial charge in [0.15, 0.2) is 0 Å². The van der Waals surface area contributed by atoms with Gasteiger partial charge in [0.2, 0.25) is 0 Å². The van der Waals surface area contributed by atoms with Crippen LogP contribution in [0, 0.1) is 0 Å². The Morgan fingerprint density at radius 3 is 1.75 bits per heavy atom. The number of thiol groups is 2. The zero-order chi connectivity index (χ0) is 6.41. The van der Waals surface area contributed by atoms with Crippen molar-refractivity contribution in [3.63, 3.8) is 0 Å². The van der Waals surface area contributed by atoms with E-state index in [0.717, 1.165) is 5.23 Å². The predicted molar refractivity (Wildman–Crippen MR) is 30.1 cm³/mol. The normalized spacial score (nSPS) is 10.5. The van der Waals surface area contributed by atoms with Crippen LogP contribution in [0.5, 0.6) is 0 Å². The van der Waals surface area contributed by atoms with Gasteiger partial charge in [-0.2, -0.15) is 0 Å². The van der Waals surface area contributed by atoms with Crippen LogP contribution in [0.1, 0.15) is 0 Å². The van der Waals surface area contributed by atoms with Crippen molar-refractivity contribution in [3.8, 4) is 0 Å². The van der Waals surface area contributed by atoms with Crippen molar-refractivity contribution >= 4 is 25.8 Å². The van der Waals surface area contributed by atoms with Crippen LogP contribution in [0.3, 0.4) is 0 Å². The molecule has 0 aromatic carbocycles. The van der Waals surface area contributed by atoms with E-state index in [0.29, 0.717) is 0 Å². The summed E-state index contributed by atoms with van der Waals surface area (Å²) in [4.78, 5) is 8.17. The average Bonchev–Trinajstić information content (AvgIpc) is 1.68. The molecule has 0 rings (SSSR count). The zero-order valence-corrected chi connectivity index (χ0v) is 5.76. The Kier molecular flexibility index (Phi) is 5.99. The van der Waals surface area contributed by atoms with Crippen LogP contribution in [0.4, 0.5) is 0 Å². The molecule has 0 N–H and O–H groups in total. The molecule has 0 heterocycles. The summed E-state index contributed by atoms with van der Waals surface area (Å²) in [5.41, 5.74) is 0. The van der Waals surface area contributed by atoms with E-state index in [1.807, 2.05) is 0 Å². The van der Waals surface area contributed by atoms with Gasteiger partial charge in [0, 0.05) is 32.9 Å². The van der Waals surface area contributed by atoms with Gasteiger partial charge in [-0.1, -0.05) is 9.98 Å². The fraction of sp³-hybridized carbons (Fsp3) is 1.00. The molecule has 5 nitrogen and oxygen atoms in total. The van der Waals surface area contributed by atoms with Gasteiger partial charge in [0.05, 0.1) is 0 Å². The largest absolute Gasteiger partial charge is 0.146 e. The Morgan fingerprint density at radius 2 is 1.50 bits per heavy atom. The smallest absolute Gasteiger partial charge is 0.0467 e. The summed E-state index contributed by atoms with van der Waals surface area (Å²) in [6, 6.07) is 0. The van der Waals surface area contributed by atoms with Crippen LogP contribution in [-0.2, 0) is 18.6 Å². The molecule has 0 aromatic heterocycles. The van der Waals surface area contributed by atoms with E-state index < -0.39 is 0 Å². The predicted octanol–water partition coefficient (Wildman–Crippen LogP) is 0.334. The first-order valence-electron chi connectivity index (χ1n) is 1.51. The summed E-state index contributed by atoms with van der Waals surface area (Å²) in [6.45, 7) is 0. The van der Waals surface area contributed by atoms with Crippen molar-refractivity contribution < 1.29 is 18.6 Å². The highest BCUT2D eigenvalue weighted by molar-refractivity contribution is 7.75. The first kappa shape index (κ1) is 8.50. The van der Waals surface area contributed by atoms with E-state index in [1.165, 1.54) is 7.05 Å². The summed E-state index contributed by atoms with van der Waals surface area (Å²) in [7, 11) is 1.38. The topological polar surface area (TPSA) is 40.2 Å². The molecule has 7 heteroatoms. The molecule has 0 amide bonds. The SMILES string of the molecule is CN(OOS)OOS. The zero-order valence-electron chi connectivity index (χ0n) is 3.97. The fourth-order valence-corrected chi connectivity index (χ4v) is 0.294. The third-order valence-corrected chi connectivity index (χ3v) is 0.410. The molecule has 0 radical (unpaired) electrons. The maximum atomic E-state index is 4.08. The standard InChI is InChI=1S/CH5NO4S2/c1-2(3-5-7)4-6-8/h7-8H,1H3. The van der Waals surface area contributed by atoms with Crippen LogP contribution < -0.4 is 0 Å². The third-order valence-electron chi connectivity index (χ3n) is 0.277. The van der Waals surface area contributed by atoms with E-state index in [-0.39, 0.29) is 0 Å². The molecule has 8 heavy (non-hydrogen) atoms. The lowest BCUT2D eigenvalue weighted by molar-refractivity contribution is -0.541. The molecule has 0 bridgehead atoms. The number of nitrogens with zero attached hydrogens (tertiary/aromatic N) is 1. The summed E-state index contributed by atoms with van der Waals surface area (Å²) in [5.74, 6) is 0. The molecule has 0 atom stereocenters. The molecule has 0 unspecified atom stereocenters. The minimum atomic E-state index is 0.764. The van der Waals surface area contributed by atoms with Crippen LogP contribution >= 0.6 is 25.8 Å². The van der Waals surface area contributed by atoms with Crippen molar-refractivity contribution in [3.05, 3.63) is 0 Å². The second-order valence-corrected chi connectivity index (χ2v) is 1.04. The maximum absolute atomic E-state index is 4.08. The first-order valence-corrected chi connectivity index (χ1v) is 2.24. The van der Waals surface area contributed by atoms with Crippen LogP contribution in [0.25, 0.3) is 0 Å². The van der Waals surface area contributed by atoms with E-state index in [1.54, 1.807) is 0 Å². The summed E-state index contributed by atoms with van der Waals surface area (Å²) >= 11 is 6.46. The molecule has 0 spiro atoms. The fourth-order valence-electron chi connectivity index (χ4n) is 0.106. The Bertz CT molecular complexity index is 47.3. The monoisotopic (exact) mass is 159 g/mol. The quantitative estimate of drug-likeness (QED) is 0.268. The van der Waals surface area contributed by atoms with Gasteiger partial charge < -0.3 is 0 Å². The van der Waals surface area contributed by atoms with Crippen molar-refractivity contribution in [2.24, 2.45) is 0 Å². The second kappa shape index (κ2) is 5.63. The van der Waals surface area contributed by atoms with Crippen molar-refractivity contribution in [1.82, 2.24) is 5.23 Å². The highest BCUT2D eigenvalue weighted by Gasteiger charge is 1.95. The Morgan fingerprint density at radius 1 is 1.12 bits per heavy atom. The second-order valence-electron chi connectivity index (χ2n) is 0.738. The van der Waals surface area contributed by atoms with Crippen molar-refractivity contribution in [2.45, 2.75) is 0 Å². The van der Waals surface area contributed by atoms with Gasteiger partial charge in [0.1, 0.15) is 0 Å². The molecule has 0 aliphatic carbocycles. The van der Waals surface area contributed by atoms with Gasteiger partial charge >= 0.3 is 0 Å². The number of hydroxylamine groups is 2. The van der Waals surface area contributed by atoms with Crippen LogP contribution in [-0.4, -0.2) is 12.3 Å². The molecular weight excluding hydrogens is 154 g/mol. The van der Waals surface area contributed by atoms with Gasteiger partial charge in [0.25, 0.3) is 0 Å². The summed E-state index contributed by atoms with van der Waals surface area (Å²) < 4.78 is 7.68. The van der Waals surface area contributed by atoms with Crippen molar-refractivity contribution in [1.29, 1.82) is 0 Å². The molecule has 0 saturated carbocycles. The van der Waals surface area contributed by atoms with Crippen molar-refractivity contribution in [2.75, 3.05) is 7.05 Å². The lowest BCUT2D eigenvalue weighted by atomic mass is 11.5. The number of hydrogen-bond donors (Lipinski definition) is 2. The highest BCUT2D eigenvalue weighted by atomic mass is 32.1. The van der Waals surface area contributed by atoms with E-state index in [4.69, 9.17) is 0 Å². The number of hydrogen-bond acceptors (Lipinski definition) is 7. The van der Waals surface area contributed by atoms with E-state index in [2.05, 4.69) is 44.5 Å².